The zero-order valence-electron chi connectivity index (χ0n) is 13.0. The fourth-order valence-corrected chi connectivity index (χ4v) is 2.41. The number of nitrogens with zero attached hydrogens (tertiary/aromatic N) is 2. The van der Waals surface area contributed by atoms with Gasteiger partial charge in [0.1, 0.15) is 18.2 Å². The largest absolute Gasteiger partial charge is 0.488 e. The molecular formula is C18H17FN4O. The standard InChI is InChI=1S/C18H17FN4O/c1-12-10-23(18(20)21)22-17(12)15-8-7-14(19)9-16(15)24-11-13-5-3-2-4-6-13/h2-9H,1,10-11H2,(H3,20,21). The predicted molar refractivity (Wildman–Crippen MR) is 91.5 cm³/mol. The third-order valence-electron chi connectivity index (χ3n) is 3.61. The summed E-state index contributed by atoms with van der Waals surface area (Å²) >= 11 is 0. The lowest BCUT2D eigenvalue weighted by molar-refractivity contribution is 0.304. The number of guanidine groups is 1. The Morgan fingerprint density at radius 1 is 1.29 bits per heavy atom. The van der Waals surface area contributed by atoms with Crippen LogP contribution in [0.2, 0.25) is 0 Å². The molecule has 0 aliphatic carbocycles. The molecule has 6 heteroatoms. The molecule has 5 nitrogen and oxygen atoms in total. The van der Waals surface area contributed by atoms with Crippen LogP contribution in [0.4, 0.5) is 4.39 Å². The molecule has 1 heterocycles. The van der Waals surface area contributed by atoms with Crippen LogP contribution in [0.1, 0.15) is 11.1 Å². The van der Waals surface area contributed by atoms with Crippen molar-refractivity contribution >= 4 is 11.7 Å². The lowest BCUT2D eigenvalue weighted by Gasteiger charge is -2.12. The van der Waals surface area contributed by atoms with Crippen molar-refractivity contribution in [2.24, 2.45) is 10.8 Å². The number of benzene rings is 2. The number of hydrogen-bond donors (Lipinski definition) is 2. The van der Waals surface area contributed by atoms with Crippen molar-refractivity contribution in [3.05, 3.63) is 77.6 Å². The molecule has 3 N–H and O–H groups in total. The van der Waals surface area contributed by atoms with Gasteiger partial charge < -0.3 is 10.5 Å². The van der Waals surface area contributed by atoms with Crippen LogP contribution in [-0.2, 0) is 6.61 Å². The van der Waals surface area contributed by atoms with E-state index in [1.807, 2.05) is 30.3 Å². The van der Waals surface area contributed by atoms with Gasteiger partial charge in [0.25, 0.3) is 0 Å². The molecule has 1 aliphatic rings. The van der Waals surface area contributed by atoms with E-state index in [0.29, 0.717) is 35.7 Å². The monoisotopic (exact) mass is 324 g/mol. The number of nitrogens with one attached hydrogen (secondary N) is 1. The maximum atomic E-state index is 13.7. The van der Waals surface area contributed by atoms with Crippen molar-refractivity contribution < 1.29 is 9.13 Å². The summed E-state index contributed by atoms with van der Waals surface area (Å²) in [4.78, 5) is 0. The molecule has 3 rings (SSSR count). The Labute approximate surface area is 139 Å². The topological polar surface area (TPSA) is 74.7 Å². The molecule has 1 aliphatic heterocycles. The molecule has 0 amide bonds. The van der Waals surface area contributed by atoms with Gasteiger partial charge in [0, 0.05) is 11.6 Å². The van der Waals surface area contributed by atoms with E-state index in [-0.39, 0.29) is 5.96 Å². The second kappa shape index (κ2) is 6.54. The summed E-state index contributed by atoms with van der Waals surface area (Å²) in [5, 5.41) is 13.1. The van der Waals surface area contributed by atoms with Crippen molar-refractivity contribution in [3.8, 4) is 5.75 Å². The lowest BCUT2D eigenvalue weighted by Crippen LogP contribution is -2.30. The van der Waals surface area contributed by atoms with Gasteiger partial charge >= 0.3 is 0 Å². The zero-order chi connectivity index (χ0) is 17.1. The van der Waals surface area contributed by atoms with E-state index in [4.69, 9.17) is 15.9 Å². The van der Waals surface area contributed by atoms with Gasteiger partial charge in [-0.05, 0) is 23.3 Å². The van der Waals surface area contributed by atoms with Crippen molar-refractivity contribution in [3.63, 3.8) is 0 Å². The highest BCUT2D eigenvalue weighted by Gasteiger charge is 2.24. The molecule has 24 heavy (non-hydrogen) atoms. The van der Waals surface area contributed by atoms with Gasteiger partial charge in [0.05, 0.1) is 12.3 Å². The van der Waals surface area contributed by atoms with E-state index >= 15 is 0 Å². The SMILES string of the molecule is C=C1CN(C(=N)N)N=C1c1ccc(F)cc1OCc1ccccc1. The Balaban J connectivity index is 1.90. The van der Waals surface area contributed by atoms with E-state index in [0.717, 1.165) is 5.56 Å². The maximum Gasteiger partial charge on any atom is 0.209 e. The van der Waals surface area contributed by atoms with Crippen LogP contribution in [0.5, 0.6) is 5.75 Å². The molecule has 2 aromatic carbocycles. The first-order valence-corrected chi connectivity index (χ1v) is 7.39. The summed E-state index contributed by atoms with van der Waals surface area (Å²) in [6.07, 6.45) is 0. The minimum absolute atomic E-state index is 0.167. The van der Waals surface area contributed by atoms with Crippen LogP contribution in [-0.4, -0.2) is 23.2 Å². The molecule has 0 saturated heterocycles. The highest BCUT2D eigenvalue weighted by atomic mass is 19.1. The fourth-order valence-electron chi connectivity index (χ4n) is 2.41. The molecule has 0 aromatic heterocycles. The fraction of sp³-hybridized carbons (Fsp3) is 0.111. The number of hydrogen-bond acceptors (Lipinski definition) is 3. The lowest BCUT2D eigenvalue weighted by atomic mass is 10.0. The zero-order valence-corrected chi connectivity index (χ0v) is 13.0. The first kappa shape index (κ1) is 15.7. The average Bonchev–Trinajstić information content (AvgIpc) is 2.96. The van der Waals surface area contributed by atoms with Crippen LogP contribution >= 0.6 is 0 Å². The summed E-state index contributed by atoms with van der Waals surface area (Å²) in [5.74, 6) is -0.182. The molecule has 2 aromatic rings. The summed E-state index contributed by atoms with van der Waals surface area (Å²) in [6.45, 7) is 4.60. The Hall–Kier alpha value is -3.15. The minimum Gasteiger partial charge on any atom is -0.488 e. The molecular weight excluding hydrogens is 307 g/mol. The third-order valence-corrected chi connectivity index (χ3v) is 3.61. The summed E-state index contributed by atoms with van der Waals surface area (Å²) in [6, 6.07) is 13.9. The molecule has 0 unspecified atom stereocenters. The molecule has 0 atom stereocenters. The minimum atomic E-state index is -0.394. The number of halogens is 1. The summed E-state index contributed by atoms with van der Waals surface area (Å²) in [7, 11) is 0. The molecule has 0 radical (unpaired) electrons. The Morgan fingerprint density at radius 2 is 2.04 bits per heavy atom. The van der Waals surface area contributed by atoms with Gasteiger partial charge in [-0.15, -0.1) is 0 Å². The van der Waals surface area contributed by atoms with Gasteiger partial charge in [-0.1, -0.05) is 36.9 Å². The first-order valence-electron chi connectivity index (χ1n) is 7.39. The maximum absolute atomic E-state index is 13.7. The molecule has 0 fully saturated rings. The van der Waals surface area contributed by atoms with Crippen LogP contribution in [0, 0.1) is 11.2 Å². The summed E-state index contributed by atoms with van der Waals surface area (Å²) < 4.78 is 19.5. The van der Waals surface area contributed by atoms with E-state index in [1.54, 1.807) is 6.07 Å². The third kappa shape index (κ3) is 3.27. The van der Waals surface area contributed by atoms with Crippen molar-refractivity contribution in [1.29, 1.82) is 5.41 Å². The van der Waals surface area contributed by atoms with E-state index in [9.17, 15) is 4.39 Å². The van der Waals surface area contributed by atoms with Gasteiger partial charge in [-0.2, -0.15) is 5.10 Å². The van der Waals surface area contributed by atoms with Crippen LogP contribution < -0.4 is 10.5 Å². The summed E-state index contributed by atoms with van der Waals surface area (Å²) in [5.41, 5.74) is 8.31. The van der Waals surface area contributed by atoms with E-state index in [1.165, 1.54) is 17.1 Å². The molecule has 0 bridgehead atoms. The quantitative estimate of drug-likeness (QED) is 0.671. The highest BCUT2D eigenvalue weighted by molar-refractivity contribution is 6.15. The first-order chi connectivity index (χ1) is 11.5. The molecule has 122 valence electrons. The normalized spacial score (nSPS) is 13.8. The van der Waals surface area contributed by atoms with E-state index < -0.39 is 5.82 Å². The van der Waals surface area contributed by atoms with Crippen molar-refractivity contribution in [2.75, 3.05) is 6.54 Å². The van der Waals surface area contributed by atoms with Crippen LogP contribution in [0.15, 0.2) is 65.8 Å². The smallest absolute Gasteiger partial charge is 0.209 e. The van der Waals surface area contributed by atoms with Crippen molar-refractivity contribution in [2.45, 2.75) is 6.61 Å². The second-order valence-electron chi connectivity index (χ2n) is 5.41. The number of ether oxygens (including phenoxy) is 1. The highest BCUT2D eigenvalue weighted by Crippen LogP contribution is 2.27. The average molecular weight is 324 g/mol. The van der Waals surface area contributed by atoms with Crippen LogP contribution in [0.25, 0.3) is 0 Å². The molecule has 0 spiro atoms. The number of nitrogens with two attached hydrogens (primary N) is 1. The Morgan fingerprint density at radius 3 is 2.71 bits per heavy atom. The van der Waals surface area contributed by atoms with Gasteiger partial charge in [-0.25, -0.2) is 9.40 Å². The Bertz CT molecular complexity index is 817. The Kier molecular flexibility index (Phi) is 4.29. The number of rotatable bonds is 4. The van der Waals surface area contributed by atoms with Gasteiger partial charge in [-0.3, -0.25) is 5.41 Å². The molecule has 0 saturated carbocycles. The van der Waals surface area contributed by atoms with Gasteiger partial charge in [0.2, 0.25) is 5.96 Å². The van der Waals surface area contributed by atoms with Crippen molar-refractivity contribution in [1.82, 2.24) is 5.01 Å². The second-order valence-corrected chi connectivity index (χ2v) is 5.41. The predicted octanol–water partition coefficient (Wildman–Crippen LogP) is 2.87. The van der Waals surface area contributed by atoms with Crippen LogP contribution in [0.3, 0.4) is 0 Å². The number of hydrazone groups is 1. The van der Waals surface area contributed by atoms with E-state index in [2.05, 4.69) is 11.7 Å². The van der Waals surface area contributed by atoms with Gasteiger partial charge in [0.15, 0.2) is 0 Å².